The van der Waals surface area contributed by atoms with Gasteiger partial charge < -0.3 is 4.52 Å². The molecule has 0 aliphatic heterocycles. The molecule has 7 heteroatoms. The smallest absolute Gasteiger partial charge is 0.283 e. The van der Waals surface area contributed by atoms with Crippen LogP contribution in [-0.2, 0) is 10.0 Å². The zero-order valence-electron chi connectivity index (χ0n) is 13.9. The fourth-order valence-corrected chi connectivity index (χ4v) is 4.11. The van der Waals surface area contributed by atoms with E-state index in [9.17, 15) is 8.42 Å². The van der Waals surface area contributed by atoms with Gasteiger partial charge in [0.05, 0.1) is 22.3 Å². The highest BCUT2D eigenvalue weighted by Gasteiger charge is 2.26. The Morgan fingerprint density at radius 3 is 2.27 bits per heavy atom. The van der Waals surface area contributed by atoms with Crippen LogP contribution >= 0.6 is 0 Å². The first-order valence-electron chi connectivity index (χ1n) is 7.96. The van der Waals surface area contributed by atoms with Crippen LogP contribution in [0.4, 0.5) is 0 Å². The molecule has 130 valence electrons. The molecule has 2 aromatic heterocycles. The number of aromatic nitrogens is 3. The maximum Gasteiger partial charge on any atom is 0.283 e. The van der Waals surface area contributed by atoms with E-state index in [1.807, 2.05) is 30.3 Å². The number of hydrogen-bond donors (Lipinski definition) is 0. The summed E-state index contributed by atoms with van der Waals surface area (Å²) in [6.45, 7) is 1.75. The van der Waals surface area contributed by atoms with Crippen LogP contribution in [0.3, 0.4) is 0 Å². The fourth-order valence-electron chi connectivity index (χ4n) is 2.82. The van der Waals surface area contributed by atoms with Crippen LogP contribution in [0, 0.1) is 6.92 Å². The Bertz CT molecular complexity index is 1150. The van der Waals surface area contributed by atoms with Crippen LogP contribution in [0.2, 0.25) is 0 Å². The first kappa shape index (κ1) is 16.3. The molecule has 0 amide bonds. The van der Waals surface area contributed by atoms with Gasteiger partial charge in [0.15, 0.2) is 0 Å². The highest BCUT2D eigenvalue weighted by Crippen LogP contribution is 2.35. The summed E-state index contributed by atoms with van der Waals surface area (Å²) in [5, 5.41) is 8.18. The second-order valence-corrected chi connectivity index (χ2v) is 7.47. The number of rotatable bonds is 4. The van der Waals surface area contributed by atoms with Gasteiger partial charge in [-0.3, -0.25) is 0 Å². The quantitative estimate of drug-likeness (QED) is 0.550. The predicted octanol–water partition coefficient (Wildman–Crippen LogP) is 3.75. The van der Waals surface area contributed by atoms with Gasteiger partial charge in [-0.2, -0.15) is 17.6 Å². The van der Waals surface area contributed by atoms with Crippen LogP contribution in [0.5, 0.6) is 0 Å². The van der Waals surface area contributed by atoms with Gasteiger partial charge in [-0.1, -0.05) is 53.7 Å². The summed E-state index contributed by atoms with van der Waals surface area (Å²) in [5.74, 6) is 0.522. The van der Waals surface area contributed by atoms with E-state index in [1.165, 1.54) is 6.20 Å². The lowest BCUT2D eigenvalue weighted by Crippen LogP contribution is -2.15. The van der Waals surface area contributed by atoms with Crippen LogP contribution in [0.15, 0.2) is 82.3 Å². The average Bonchev–Trinajstić information content (AvgIpc) is 3.30. The first-order valence-corrected chi connectivity index (χ1v) is 9.40. The van der Waals surface area contributed by atoms with Crippen LogP contribution in [0.1, 0.15) is 5.76 Å². The first-order chi connectivity index (χ1) is 12.6. The zero-order chi connectivity index (χ0) is 18.1. The molecule has 4 aromatic rings. The summed E-state index contributed by atoms with van der Waals surface area (Å²) in [4.78, 5) is 0.167. The van der Waals surface area contributed by atoms with Crippen molar-refractivity contribution in [2.75, 3.05) is 0 Å². The minimum absolute atomic E-state index is 0.167. The Kier molecular flexibility index (Phi) is 3.93. The van der Waals surface area contributed by atoms with E-state index in [1.54, 1.807) is 43.3 Å². The van der Waals surface area contributed by atoms with Crippen molar-refractivity contribution in [3.63, 3.8) is 0 Å². The molecule has 0 saturated heterocycles. The molecule has 0 unspecified atom stereocenters. The largest absolute Gasteiger partial charge is 0.360 e. The Labute approximate surface area is 150 Å². The van der Waals surface area contributed by atoms with Gasteiger partial charge in [0.1, 0.15) is 11.5 Å². The molecule has 0 spiro atoms. The minimum Gasteiger partial charge on any atom is -0.360 e. The highest BCUT2D eigenvalue weighted by atomic mass is 32.2. The summed E-state index contributed by atoms with van der Waals surface area (Å²) >= 11 is 0. The number of aryl methyl sites for hydroxylation is 1. The van der Waals surface area contributed by atoms with Gasteiger partial charge in [-0.15, -0.1) is 0 Å². The van der Waals surface area contributed by atoms with Gasteiger partial charge in [-0.05, 0) is 25.1 Å². The summed E-state index contributed by atoms with van der Waals surface area (Å²) in [5.41, 5.74) is 2.43. The number of nitrogens with zero attached hydrogens (tertiary/aromatic N) is 3. The van der Waals surface area contributed by atoms with E-state index < -0.39 is 10.0 Å². The Morgan fingerprint density at radius 1 is 0.923 bits per heavy atom. The fraction of sp³-hybridized carbons (Fsp3) is 0.0526. The van der Waals surface area contributed by atoms with Crippen molar-refractivity contribution in [2.45, 2.75) is 11.8 Å². The summed E-state index contributed by atoms with van der Waals surface area (Å²) in [6.07, 6.45) is 1.46. The molecule has 6 nitrogen and oxygen atoms in total. The van der Waals surface area contributed by atoms with Gasteiger partial charge in [0.25, 0.3) is 10.0 Å². The van der Waals surface area contributed by atoms with Crippen molar-refractivity contribution >= 4 is 10.0 Å². The van der Waals surface area contributed by atoms with Crippen LogP contribution in [-0.4, -0.2) is 22.8 Å². The van der Waals surface area contributed by atoms with Gasteiger partial charge >= 0.3 is 0 Å². The van der Waals surface area contributed by atoms with Crippen LogP contribution in [0.25, 0.3) is 22.5 Å². The molecular formula is C19H15N3O3S. The molecule has 0 aliphatic carbocycles. The molecule has 0 radical (unpaired) electrons. The molecule has 0 fully saturated rings. The summed E-state index contributed by atoms with van der Waals surface area (Å²) in [6, 6.07) is 19.3. The minimum atomic E-state index is -3.83. The summed E-state index contributed by atoms with van der Waals surface area (Å²) in [7, 11) is -3.83. The van der Waals surface area contributed by atoms with Crippen molar-refractivity contribution < 1.29 is 12.9 Å². The molecule has 0 saturated carbocycles. The van der Waals surface area contributed by atoms with E-state index in [4.69, 9.17) is 4.52 Å². The molecule has 4 rings (SSSR count). The van der Waals surface area contributed by atoms with E-state index in [2.05, 4.69) is 10.3 Å². The van der Waals surface area contributed by atoms with E-state index in [0.29, 0.717) is 22.7 Å². The van der Waals surface area contributed by atoms with Crippen molar-refractivity contribution in [3.05, 3.63) is 78.7 Å². The Hall–Kier alpha value is -3.19. The number of hydrogen-bond acceptors (Lipinski definition) is 5. The second kappa shape index (κ2) is 6.27. The molecule has 0 bridgehead atoms. The maximum absolute atomic E-state index is 13.0. The van der Waals surface area contributed by atoms with Crippen molar-refractivity contribution in [1.29, 1.82) is 0 Å². The van der Waals surface area contributed by atoms with Crippen molar-refractivity contribution in [3.8, 4) is 22.5 Å². The molecule has 2 heterocycles. The molecule has 2 aromatic carbocycles. The predicted molar refractivity (Wildman–Crippen MR) is 96.9 cm³/mol. The third-order valence-electron chi connectivity index (χ3n) is 4.04. The van der Waals surface area contributed by atoms with Gasteiger partial charge in [0, 0.05) is 5.56 Å². The van der Waals surface area contributed by atoms with E-state index in [0.717, 1.165) is 9.65 Å². The third-order valence-corrected chi connectivity index (χ3v) is 5.66. The Balaban J connectivity index is 1.91. The van der Waals surface area contributed by atoms with Crippen molar-refractivity contribution in [1.82, 2.24) is 14.3 Å². The molecule has 0 N–H and O–H groups in total. The molecule has 0 aliphatic rings. The van der Waals surface area contributed by atoms with Crippen molar-refractivity contribution in [2.24, 2.45) is 0 Å². The molecule has 0 atom stereocenters. The normalized spacial score (nSPS) is 11.6. The van der Waals surface area contributed by atoms with Gasteiger partial charge in [-0.25, -0.2) is 0 Å². The lowest BCUT2D eigenvalue weighted by Gasteiger charge is -2.09. The van der Waals surface area contributed by atoms with Crippen LogP contribution < -0.4 is 0 Å². The SMILES string of the molecule is Cc1onc(-c2ccccc2)c1-c1ccnn1S(=O)(=O)c1ccccc1. The van der Waals surface area contributed by atoms with Gasteiger partial charge in [0.2, 0.25) is 0 Å². The molecule has 26 heavy (non-hydrogen) atoms. The Morgan fingerprint density at radius 2 is 1.58 bits per heavy atom. The lowest BCUT2D eigenvalue weighted by molar-refractivity contribution is 0.400. The third kappa shape index (κ3) is 2.62. The maximum atomic E-state index is 13.0. The zero-order valence-corrected chi connectivity index (χ0v) is 14.7. The topological polar surface area (TPSA) is 78.0 Å². The van der Waals surface area contributed by atoms with E-state index in [-0.39, 0.29) is 4.90 Å². The van der Waals surface area contributed by atoms with E-state index >= 15 is 0 Å². The molecular weight excluding hydrogens is 350 g/mol. The lowest BCUT2D eigenvalue weighted by atomic mass is 10.0. The standard InChI is InChI=1S/C19H15N3O3S/c1-14-18(19(21-25-14)15-8-4-2-5-9-15)17-12-13-20-22(17)26(23,24)16-10-6-3-7-11-16/h2-13H,1H3. The second-order valence-electron chi connectivity index (χ2n) is 5.71. The monoisotopic (exact) mass is 365 g/mol. The summed E-state index contributed by atoms with van der Waals surface area (Å²) < 4.78 is 32.4. The number of benzene rings is 2. The highest BCUT2D eigenvalue weighted by molar-refractivity contribution is 7.90. The average molecular weight is 365 g/mol.